The van der Waals surface area contributed by atoms with Crippen LogP contribution in [0.3, 0.4) is 0 Å². The average Bonchev–Trinajstić information content (AvgIpc) is 3.31. The van der Waals surface area contributed by atoms with Crippen LogP contribution < -0.4 is 20.1 Å². The van der Waals surface area contributed by atoms with E-state index in [-0.39, 0.29) is 12.5 Å². The number of H-pyrrole nitrogens is 1. The van der Waals surface area contributed by atoms with E-state index in [9.17, 15) is 4.79 Å². The molecule has 10 heteroatoms. The van der Waals surface area contributed by atoms with Gasteiger partial charge in [-0.25, -0.2) is 9.97 Å². The fourth-order valence-electron chi connectivity index (χ4n) is 3.52. The Hall–Kier alpha value is -4.73. The van der Waals surface area contributed by atoms with Gasteiger partial charge in [-0.2, -0.15) is 5.10 Å². The van der Waals surface area contributed by atoms with E-state index >= 15 is 0 Å². The number of ether oxygens (including phenoxy) is 2. The molecule has 0 saturated heterocycles. The number of anilines is 2. The Kier molecular flexibility index (Phi) is 5.61. The van der Waals surface area contributed by atoms with Gasteiger partial charge in [0.05, 0.1) is 11.7 Å². The van der Waals surface area contributed by atoms with Gasteiger partial charge < -0.3 is 20.1 Å². The number of rotatable bonds is 6. The number of carbonyl (C=O) groups excluding carboxylic acids is 1. The maximum atomic E-state index is 12.5. The summed E-state index contributed by atoms with van der Waals surface area (Å²) in [6.45, 7) is 5.19. The highest BCUT2D eigenvalue weighted by atomic mass is 16.6. The first-order valence-corrected chi connectivity index (χ1v) is 10.5. The van der Waals surface area contributed by atoms with Crippen LogP contribution in [0.4, 0.5) is 11.5 Å². The Balaban J connectivity index is 1.34. The summed E-state index contributed by atoms with van der Waals surface area (Å²) < 4.78 is 11.6. The molecule has 0 aliphatic carbocycles. The molecule has 3 N–H and O–H groups in total. The molecule has 5 rings (SSSR count). The second-order valence-electron chi connectivity index (χ2n) is 7.63. The number of aromatic amines is 1. The van der Waals surface area contributed by atoms with Crippen molar-refractivity contribution >= 4 is 35.0 Å². The van der Waals surface area contributed by atoms with Gasteiger partial charge in [0, 0.05) is 34.7 Å². The van der Waals surface area contributed by atoms with Crippen LogP contribution in [0, 0.1) is 0 Å². The lowest BCUT2D eigenvalue weighted by Crippen LogP contribution is -2.43. The lowest BCUT2D eigenvalue weighted by atomic mass is 10.1. The highest BCUT2D eigenvalue weighted by molar-refractivity contribution is 5.84. The molecule has 10 nitrogen and oxygen atoms in total. The molecule has 4 aromatic rings. The summed E-state index contributed by atoms with van der Waals surface area (Å²) in [7, 11) is 0. The first-order valence-electron chi connectivity index (χ1n) is 10.5. The predicted octanol–water partition coefficient (Wildman–Crippen LogP) is 3.58. The van der Waals surface area contributed by atoms with Crippen LogP contribution in [-0.4, -0.2) is 45.5 Å². The van der Waals surface area contributed by atoms with Crippen molar-refractivity contribution in [3.05, 3.63) is 66.8 Å². The molecular formula is C24H21N7O3. The first-order chi connectivity index (χ1) is 16.6. The molecule has 0 radical (unpaired) electrons. The Morgan fingerprint density at radius 2 is 2.15 bits per heavy atom. The molecular weight excluding hydrogens is 434 g/mol. The van der Waals surface area contributed by atoms with E-state index in [1.807, 2.05) is 24.3 Å². The van der Waals surface area contributed by atoms with Crippen LogP contribution in [0.5, 0.6) is 11.5 Å². The van der Waals surface area contributed by atoms with Crippen molar-refractivity contribution in [1.29, 1.82) is 0 Å². The summed E-state index contributed by atoms with van der Waals surface area (Å²) in [6, 6.07) is 13.1. The molecule has 170 valence electrons. The summed E-state index contributed by atoms with van der Waals surface area (Å²) in [5.74, 6) is 1.81. The summed E-state index contributed by atoms with van der Waals surface area (Å²) in [5, 5.41) is 14.0. The van der Waals surface area contributed by atoms with Gasteiger partial charge >= 0.3 is 0 Å². The minimum atomic E-state index is -0.803. The van der Waals surface area contributed by atoms with Crippen molar-refractivity contribution < 1.29 is 14.3 Å². The molecule has 2 aromatic heterocycles. The minimum absolute atomic E-state index is 0.101. The fourth-order valence-corrected chi connectivity index (χ4v) is 3.52. The van der Waals surface area contributed by atoms with Crippen molar-refractivity contribution in [1.82, 2.24) is 25.5 Å². The van der Waals surface area contributed by atoms with Crippen LogP contribution in [0.1, 0.15) is 6.92 Å². The van der Waals surface area contributed by atoms with Gasteiger partial charge in [-0.1, -0.05) is 0 Å². The molecule has 2 aromatic carbocycles. The van der Waals surface area contributed by atoms with E-state index in [2.05, 4.69) is 42.5 Å². The lowest BCUT2D eigenvalue weighted by molar-refractivity contribution is -0.129. The van der Waals surface area contributed by atoms with E-state index < -0.39 is 6.10 Å². The minimum Gasteiger partial charge on any atom is -0.485 e. The molecule has 0 fully saturated rings. The van der Waals surface area contributed by atoms with Gasteiger partial charge in [0.15, 0.2) is 17.3 Å². The second-order valence-corrected chi connectivity index (χ2v) is 7.63. The number of hydrogen-bond acceptors (Lipinski definition) is 8. The maximum absolute atomic E-state index is 12.5. The Morgan fingerprint density at radius 1 is 1.24 bits per heavy atom. The standard InChI is InChI=1S/C24H21N7O3/c1-14(11-25-2)28-24(32)21-13-33-19-6-3-15(10-20(19)34-21)23-26-8-7-22(30-23)29-17-4-5-18-16(9-17)12-27-31-18/h3-12,21H,2,13H2,1H3,(H,27,31)(H,28,32)(H,26,29,30)/b14-11+. The van der Waals surface area contributed by atoms with Crippen molar-refractivity contribution in [2.24, 2.45) is 4.99 Å². The molecule has 1 aliphatic rings. The van der Waals surface area contributed by atoms with E-state index in [0.717, 1.165) is 22.2 Å². The number of allylic oxidation sites excluding steroid dienone is 1. The maximum Gasteiger partial charge on any atom is 0.268 e. The van der Waals surface area contributed by atoms with E-state index in [1.54, 1.807) is 37.5 Å². The Bertz CT molecular complexity index is 1410. The number of aliphatic imine (C=N–C) groups is 1. The number of benzene rings is 2. The molecule has 1 unspecified atom stereocenters. The third-order valence-electron chi connectivity index (χ3n) is 5.13. The monoisotopic (exact) mass is 455 g/mol. The zero-order valence-electron chi connectivity index (χ0n) is 18.3. The average molecular weight is 455 g/mol. The van der Waals surface area contributed by atoms with E-state index in [4.69, 9.17) is 9.47 Å². The Morgan fingerprint density at radius 3 is 3.03 bits per heavy atom. The van der Waals surface area contributed by atoms with Gasteiger partial charge in [-0.05, 0) is 56.1 Å². The van der Waals surface area contributed by atoms with Crippen molar-refractivity contribution in [3.8, 4) is 22.9 Å². The van der Waals surface area contributed by atoms with E-state index in [0.29, 0.717) is 28.8 Å². The molecule has 0 bridgehead atoms. The quantitative estimate of drug-likeness (QED) is 0.379. The summed E-state index contributed by atoms with van der Waals surface area (Å²) in [6.07, 6.45) is 4.10. The molecule has 1 amide bonds. The summed E-state index contributed by atoms with van der Waals surface area (Å²) >= 11 is 0. The first kappa shape index (κ1) is 21.1. The van der Waals surface area contributed by atoms with Gasteiger partial charge in [-0.15, -0.1) is 0 Å². The van der Waals surface area contributed by atoms with E-state index in [1.165, 1.54) is 6.20 Å². The zero-order chi connectivity index (χ0) is 23.5. The third kappa shape index (κ3) is 4.42. The second kappa shape index (κ2) is 9.02. The molecule has 0 saturated carbocycles. The van der Waals surface area contributed by atoms with Gasteiger partial charge in [0.25, 0.3) is 5.91 Å². The number of fused-ring (bicyclic) bond motifs is 2. The number of aromatic nitrogens is 4. The molecule has 0 spiro atoms. The Labute approximate surface area is 194 Å². The highest BCUT2D eigenvalue weighted by Gasteiger charge is 2.28. The van der Waals surface area contributed by atoms with Gasteiger partial charge in [0.1, 0.15) is 12.4 Å². The zero-order valence-corrected chi connectivity index (χ0v) is 18.3. The lowest BCUT2D eigenvalue weighted by Gasteiger charge is -2.26. The number of amides is 1. The van der Waals surface area contributed by atoms with Gasteiger partial charge in [0.2, 0.25) is 6.10 Å². The molecule has 1 aliphatic heterocycles. The van der Waals surface area contributed by atoms with Crippen molar-refractivity contribution in [2.45, 2.75) is 13.0 Å². The molecule has 3 heterocycles. The fraction of sp³-hybridized carbons (Fsp3) is 0.125. The van der Waals surface area contributed by atoms with Crippen LogP contribution in [0.15, 0.2) is 71.7 Å². The number of nitrogens with zero attached hydrogens (tertiary/aromatic N) is 4. The molecule has 1 atom stereocenters. The smallest absolute Gasteiger partial charge is 0.268 e. The number of hydrogen-bond donors (Lipinski definition) is 3. The topological polar surface area (TPSA) is 126 Å². The third-order valence-corrected chi connectivity index (χ3v) is 5.13. The molecule has 34 heavy (non-hydrogen) atoms. The summed E-state index contributed by atoms with van der Waals surface area (Å²) in [4.78, 5) is 25.1. The van der Waals surface area contributed by atoms with Crippen molar-refractivity contribution in [3.63, 3.8) is 0 Å². The SMILES string of the molecule is C=N/C=C(\C)NC(=O)C1COc2ccc(-c3nccc(Nc4ccc5[nH]ncc5c4)n3)cc2O1. The largest absolute Gasteiger partial charge is 0.485 e. The highest BCUT2D eigenvalue weighted by Crippen LogP contribution is 2.35. The number of nitrogens with one attached hydrogen (secondary N) is 3. The van der Waals surface area contributed by atoms with Crippen LogP contribution in [-0.2, 0) is 4.79 Å². The predicted molar refractivity (Wildman–Crippen MR) is 128 cm³/mol. The van der Waals surface area contributed by atoms with Crippen LogP contribution in [0.2, 0.25) is 0 Å². The number of carbonyl (C=O) groups is 1. The summed E-state index contributed by atoms with van der Waals surface area (Å²) in [5.41, 5.74) is 3.13. The van der Waals surface area contributed by atoms with Crippen LogP contribution in [0.25, 0.3) is 22.3 Å². The van der Waals surface area contributed by atoms with Gasteiger partial charge in [-0.3, -0.25) is 14.9 Å². The van der Waals surface area contributed by atoms with Crippen LogP contribution >= 0.6 is 0 Å². The normalized spacial score (nSPS) is 15.1. The van der Waals surface area contributed by atoms with Crippen molar-refractivity contribution in [2.75, 3.05) is 11.9 Å².